The lowest BCUT2D eigenvalue weighted by molar-refractivity contribution is -0.140. The first-order valence-electron chi connectivity index (χ1n) is 7.91. The largest absolute Gasteiger partial charge is 0.391 e. The minimum Gasteiger partial charge on any atom is -0.391 e. The third-order valence-electron chi connectivity index (χ3n) is 4.59. The van der Waals surface area contributed by atoms with Crippen molar-refractivity contribution in [2.45, 2.75) is 57.2 Å². The maximum absolute atomic E-state index is 12.7. The van der Waals surface area contributed by atoms with E-state index in [9.17, 15) is 9.90 Å². The number of aliphatic hydroxyl groups excluding tert-OH is 1. The Morgan fingerprint density at radius 1 is 1.35 bits per heavy atom. The third kappa shape index (κ3) is 3.51. The Hall–Kier alpha value is -0.650. The molecule has 0 spiro atoms. The number of amides is 1. The van der Waals surface area contributed by atoms with Crippen molar-refractivity contribution in [3.05, 3.63) is 0 Å². The van der Waals surface area contributed by atoms with E-state index in [1.165, 1.54) is 0 Å². The number of rotatable bonds is 5. The molecule has 5 heteroatoms. The van der Waals surface area contributed by atoms with Crippen LogP contribution in [0.3, 0.4) is 0 Å². The van der Waals surface area contributed by atoms with Crippen LogP contribution in [0, 0.1) is 5.92 Å². The van der Waals surface area contributed by atoms with Crippen molar-refractivity contribution in [2.75, 3.05) is 26.8 Å². The first-order valence-corrected chi connectivity index (χ1v) is 7.91. The Morgan fingerprint density at radius 3 is 2.80 bits per heavy atom. The molecule has 1 aliphatic carbocycles. The molecule has 1 saturated heterocycles. The Bertz CT molecular complexity index is 324. The fourth-order valence-electron chi connectivity index (χ4n) is 3.30. The molecule has 0 aromatic heterocycles. The molecule has 0 bridgehead atoms. The summed E-state index contributed by atoms with van der Waals surface area (Å²) in [6, 6.07) is 0.0920. The zero-order valence-electron chi connectivity index (χ0n) is 12.7. The molecule has 0 aromatic rings. The van der Waals surface area contributed by atoms with Gasteiger partial charge in [-0.1, -0.05) is 19.8 Å². The van der Waals surface area contributed by atoms with Crippen LogP contribution in [0.5, 0.6) is 0 Å². The lowest BCUT2D eigenvalue weighted by Gasteiger charge is -2.37. The van der Waals surface area contributed by atoms with Gasteiger partial charge in [-0.3, -0.25) is 4.79 Å². The smallest absolute Gasteiger partial charge is 0.229 e. The van der Waals surface area contributed by atoms with Crippen molar-refractivity contribution in [3.8, 4) is 0 Å². The fraction of sp³-hybridized carbons (Fsp3) is 0.933. The SMILES string of the molecule is CCCNC1COCC1C(=O)N(C)C1CCCCC1O. The van der Waals surface area contributed by atoms with Gasteiger partial charge in [-0.2, -0.15) is 0 Å². The fourth-order valence-corrected chi connectivity index (χ4v) is 3.30. The summed E-state index contributed by atoms with van der Waals surface area (Å²) < 4.78 is 5.48. The van der Waals surface area contributed by atoms with E-state index >= 15 is 0 Å². The Balaban J connectivity index is 1.94. The Morgan fingerprint density at radius 2 is 2.10 bits per heavy atom. The summed E-state index contributed by atoms with van der Waals surface area (Å²) >= 11 is 0. The van der Waals surface area contributed by atoms with Gasteiger partial charge < -0.3 is 20.1 Å². The molecule has 116 valence electrons. The second-order valence-corrected chi connectivity index (χ2v) is 6.07. The van der Waals surface area contributed by atoms with E-state index in [2.05, 4.69) is 12.2 Å². The zero-order valence-corrected chi connectivity index (χ0v) is 12.7. The number of carbonyl (C=O) groups is 1. The van der Waals surface area contributed by atoms with Crippen LogP contribution in [0.25, 0.3) is 0 Å². The molecule has 2 rings (SSSR count). The molecule has 2 aliphatic rings. The molecule has 4 atom stereocenters. The molecule has 1 heterocycles. The number of nitrogens with zero attached hydrogens (tertiary/aromatic N) is 1. The number of likely N-dealkylation sites (N-methyl/N-ethyl adjacent to an activating group) is 1. The molecule has 0 radical (unpaired) electrons. The van der Waals surface area contributed by atoms with Crippen molar-refractivity contribution < 1.29 is 14.6 Å². The predicted octanol–water partition coefficient (Wildman–Crippen LogP) is 0.763. The number of aliphatic hydroxyl groups is 1. The zero-order chi connectivity index (χ0) is 14.5. The molecule has 20 heavy (non-hydrogen) atoms. The molecule has 2 fully saturated rings. The van der Waals surface area contributed by atoms with Crippen molar-refractivity contribution >= 4 is 5.91 Å². The van der Waals surface area contributed by atoms with Crippen molar-refractivity contribution in [1.29, 1.82) is 0 Å². The summed E-state index contributed by atoms with van der Waals surface area (Å²) in [5.41, 5.74) is 0. The molecule has 1 aliphatic heterocycles. The quantitative estimate of drug-likeness (QED) is 0.782. The summed E-state index contributed by atoms with van der Waals surface area (Å²) in [4.78, 5) is 14.4. The minimum atomic E-state index is -0.373. The number of ether oxygens (including phenoxy) is 1. The van der Waals surface area contributed by atoms with Crippen molar-refractivity contribution in [2.24, 2.45) is 5.92 Å². The summed E-state index contributed by atoms with van der Waals surface area (Å²) in [5, 5.41) is 13.5. The standard InChI is InChI=1S/C15H28N2O3/c1-3-8-16-12-10-20-9-11(12)15(19)17(2)13-6-4-5-7-14(13)18/h11-14,16,18H,3-10H2,1-2H3. The Labute approximate surface area is 121 Å². The van der Waals surface area contributed by atoms with Gasteiger partial charge in [0, 0.05) is 13.1 Å². The maximum atomic E-state index is 12.7. The van der Waals surface area contributed by atoms with Crippen LogP contribution in [0.2, 0.25) is 0 Å². The van der Waals surface area contributed by atoms with E-state index in [0.717, 1.165) is 38.6 Å². The molecule has 4 unspecified atom stereocenters. The molecule has 1 saturated carbocycles. The van der Waals surface area contributed by atoms with Crippen LogP contribution in [0.1, 0.15) is 39.0 Å². The van der Waals surface area contributed by atoms with E-state index < -0.39 is 0 Å². The van der Waals surface area contributed by atoms with Crippen LogP contribution in [-0.4, -0.2) is 60.9 Å². The van der Waals surface area contributed by atoms with Gasteiger partial charge in [0.15, 0.2) is 0 Å². The number of nitrogens with one attached hydrogen (secondary N) is 1. The summed E-state index contributed by atoms with van der Waals surface area (Å²) in [5.74, 6) is 0.00253. The summed E-state index contributed by atoms with van der Waals surface area (Å²) in [6.07, 6.45) is 4.55. The summed E-state index contributed by atoms with van der Waals surface area (Å²) in [7, 11) is 1.83. The van der Waals surface area contributed by atoms with Gasteiger partial charge in [0.25, 0.3) is 0 Å². The molecule has 1 amide bonds. The van der Waals surface area contributed by atoms with Crippen LogP contribution in [0.4, 0.5) is 0 Å². The molecule has 5 nitrogen and oxygen atoms in total. The molecule has 2 N–H and O–H groups in total. The number of hydrogen-bond acceptors (Lipinski definition) is 4. The molecular weight excluding hydrogens is 256 g/mol. The second-order valence-electron chi connectivity index (χ2n) is 6.07. The van der Waals surface area contributed by atoms with Gasteiger partial charge in [-0.25, -0.2) is 0 Å². The van der Waals surface area contributed by atoms with Crippen LogP contribution in [-0.2, 0) is 9.53 Å². The highest BCUT2D eigenvalue weighted by molar-refractivity contribution is 5.80. The highest BCUT2D eigenvalue weighted by atomic mass is 16.5. The van der Waals surface area contributed by atoms with E-state index in [0.29, 0.717) is 13.2 Å². The van der Waals surface area contributed by atoms with Crippen LogP contribution >= 0.6 is 0 Å². The minimum absolute atomic E-state index is 0.0244. The van der Waals surface area contributed by atoms with E-state index in [1.807, 2.05) is 7.05 Å². The topological polar surface area (TPSA) is 61.8 Å². The monoisotopic (exact) mass is 284 g/mol. The normalized spacial score (nSPS) is 34.1. The first-order chi connectivity index (χ1) is 9.65. The van der Waals surface area contributed by atoms with Crippen molar-refractivity contribution in [1.82, 2.24) is 10.2 Å². The van der Waals surface area contributed by atoms with Gasteiger partial charge in [-0.15, -0.1) is 0 Å². The first kappa shape index (κ1) is 15.7. The number of hydrogen-bond donors (Lipinski definition) is 2. The van der Waals surface area contributed by atoms with Crippen LogP contribution in [0.15, 0.2) is 0 Å². The van der Waals surface area contributed by atoms with Gasteiger partial charge in [0.1, 0.15) is 0 Å². The Kier molecular flexibility index (Phi) is 5.81. The average molecular weight is 284 g/mol. The average Bonchev–Trinajstić information content (AvgIpc) is 2.92. The van der Waals surface area contributed by atoms with E-state index in [-0.39, 0.29) is 30.0 Å². The van der Waals surface area contributed by atoms with Crippen molar-refractivity contribution in [3.63, 3.8) is 0 Å². The van der Waals surface area contributed by atoms with Crippen LogP contribution < -0.4 is 5.32 Å². The van der Waals surface area contributed by atoms with Gasteiger partial charge in [0.05, 0.1) is 31.3 Å². The highest BCUT2D eigenvalue weighted by Crippen LogP contribution is 2.25. The molecule has 0 aromatic carbocycles. The maximum Gasteiger partial charge on any atom is 0.229 e. The summed E-state index contributed by atoms with van der Waals surface area (Å²) in [6.45, 7) is 4.13. The molecular formula is C15H28N2O3. The lowest BCUT2D eigenvalue weighted by atomic mass is 9.90. The number of carbonyl (C=O) groups excluding carboxylic acids is 1. The van der Waals surface area contributed by atoms with E-state index in [4.69, 9.17) is 4.74 Å². The van der Waals surface area contributed by atoms with Gasteiger partial charge in [-0.05, 0) is 25.8 Å². The van der Waals surface area contributed by atoms with Gasteiger partial charge in [0.2, 0.25) is 5.91 Å². The van der Waals surface area contributed by atoms with Gasteiger partial charge >= 0.3 is 0 Å². The lowest BCUT2D eigenvalue weighted by Crippen LogP contribution is -2.51. The second kappa shape index (κ2) is 7.38. The highest BCUT2D eigenvalue weighted by Gasteiger charge is 2.38. The van der Waals surface area contributed by atoms with E-state index in [1.54, 1.807) is 4.90 Å². The third-order valence-corrected chi connectivity index (χ3v) is 4.59. The predicted molar refractivity (Wildman–Crippen MR) is 77.4 cm³/mol.